The second-order valence-corrected chi connectivity index (χ2v) is 4.92. The van der Waals surface area contributed by atoms with Gasteiger partial charge in [0.15, 0.2) is 0 Å². The molecule has 0 aliphatic rings. The average Bonchev–Trinajstić information content (AvgIpc) is 2.48. The van der Waals surface area contributed by atoms with Gasteiger partial charge in [-0.3, -0.25) is 0 Å². The predicted molar refractivity (Wildman–Crippen MR) is 82.4 cm³/mol. The molecule has 0 bridgehead atoms. The van der Waals surface area contributed by atoms with E-state index in [1.807, 2.05) is 36.4 Å². The van der Waals surface area contributed by atoms with Gasteiger partial charge < -0.3 is 15.2 Å². The van der Waals surface area contributed by atoms with Crippen LogP contribution in [0.1, 0.15) is 22.8 Å². The smallest absolute Gasteiger partial charge is 0.118 e. The molecule has 2 aromatic carbocycles. The third-order valence-electron chi connectivity index (χ3n) is 3.59. The van der Waals surface area contributed by atoms with Crippen LogP contribution in [-0.4, -0.2) is 18.8 Å². The highest BCUT2D eigenvalue weighted by Crippen LogP contribution is 2.21. The van der Waals surface area contributed by atoms with Crippen molar-refractivity contribution in [1.82, 2.24) is 0 Å². The van der Waals surface area contributed by atoms with Crippen molar-refractivity contribution in [3.05, 3.63) is 59.2 Å². The molecule has 0 saturated heterocycles. The van der Waals surface area contributed by atoms with Gasteiger partial charge in [0.25, 0.3) is 0 Å². The minimum absolute atomic E-state index is 0.483. The molecule has 20 heavy (non-hydrogen) atoms. The summed E-state index contributed by atoms with van der Waals surface area (Å²) in [7, 11) is 1.63. The van der Waals surface area contributed by atoms with Crippen LogP contribution in [0.4, 0.5) is 5.69 Å². The molecule has 3 heteroatoms. The first-order valence-corrected chi connectivity index (χ1v) is 6.74. The number of aryl methyl sites for hydroxylation is 1. The van der Waals surface area contributed by atoms with E-state index in [1.54, 1.807) is 7.11 Å². The predicted octanol–water partition coefficient (Wildman–Crippen LogP) is 3.46. The lowest BCUT2D eigenvalue weighted by Gasteiger charge is -2.16. The van der Waals surface area contributed by atoms with Gasteiger partial charge in [0, 0.05) is 12.2 Å². The molecule has 0 radical (unpaired) electrons. The summed E-state index contributed by atoms with van der Waals surface area (Å²) in [6.07, 6.45) is -0.541. The molecule has 3 nitrogen and oxygen atoms in total. The van der Waals surface area contributed by atoms with Crippen LogP contribution < -0.4 is 10.1 Å². The standard InChI is InChI=1S/C17H21NO2/c1-12-5-4-6-16(13(12)2)18-11-17(19)14-7-9-15(20-3)10-8-14/h4-10,17-19H,11H2,1-3H3. The van der Waals surface area contributed by atoms with Crippen molar-refractivity contribution in [1.29, 1.82) is 0 Å². The fourth-order valence-electron chi connectivity index (χ4n) is 2.09. The zero-order valence-corrected chi connectivity index (χ0v) is 12.2. The van der Waals surface area contributed by atoms with Crippen LogP contribution in [0.3, 0.4) is 0 Å². The van der Waals surface area contributed by atoms with E-state index in [4.69, 9.17) is 4.74 Å². The summed E-state index contributed by atoms with van der Waals surface area (Å²) >= 11 is 0. The summed E-state index contributed by atoms with van der Waals surface area (Å²) in [5, 5.41) is 13.5. The number of nitrogens with one attached hydrogen (secondary N) is 1. The van der Waals surface area contributed by atoms with Gasteiger partial charge in [-0.2, -0.15) is 0 Å². The lowest BCUT2D eigenvalue weighted by molar-refractivity contribution is 0.191. The van der Waals surface area contributed by atoms with Gasteiger partial charge in [-0.15, -0.1) is 0 Å². The van der Waals surface area contributed by atoms with Crippen LogP contribution >= 0.6 is 0 Å². The Morgan fingerprint density at radius 2 is 1.80 bits per heavy atom. The molecule has 1 unspecified atom stereocenters. The van der Waals surface area contributed by atoms with Crippen molar-refractivity contribution in [2.45, 2.75) is 20.0 Å². The first kappa shape index (κ1) is 14.4. The van der Waals surface area contributed by atoms with Gasteiger partial charge in [0.05, 0.1) is 13.2 Å². The van der Waals surface area contributed by atoms with Gasteiger partial charge in [-0.25, -0.2) is 0 Å². The Labute approximate surface area is 120 Å². The molecule has 0 heterocycles. The minimum atomic E-state index is -0.541. The molecule has 0 aliphatic heterocycles. The van der Waals surface area contributed by atoms with Crippen LogP contribution in [-0.2, 0) is 0 Å². The monoisotopic (exact) mass is 271 g/mol. The number of hydrogen-bond acceptors (Lipinski definition) is 3. The Hall–Kier alpha value is -2.00. The molecule has 2 aromatic rings. The Kier molecular flexibility index (Phi) is 4.64. The zero-order chi connectivity index (χ0) is 14.5. The lowest BCUT2D eigenvalue weighted by atomic mass is 10.1. The third-order valence-corrected chi connectivity index (χ3v) is 3.59. The number of aliphatic hydroxyl groups is 1. The number of ether oxygens (including phenoxy) is 1. The highest BCUT2D eigenvalue weighted by Gasteiger charge is 2.08. The maximum atomic E-state index is 10.2. The fraction of sp³-hybridized carbons (Fsp3) is 0.294. The van der Waals surface area contributed by atoms with Crippen LogP contribution in [0.2, 0.25) is 0 Å². The van der Waals surface area contributed by atoms with Crippen molar-refractivity contribution in [2.24, 2.45) is 0 Å². The van der Waals surface area contributed by atoms with Crippen LogP contribution in [0.5, 0.6) is 5.75 Å². The summed E-state index contributed by atoms with van der Waals surface area (Å²) in [4.78, 5) is 0. The summed E-state index contributed by atoms with van der Waals surface area (Å²) in [6.45, 7) is 4.65. The van der Waals surface area contributed by atoms with E-state index in [2.05, 4.69) is 25.2 Å². The highest BCUT2D eigenvalue weighted by molar-refractivity contribution is 5.53. The number of methoxy groups -OCH3 is 1. The van der Waals surface area contributed by atoms with Crippen molar-refractivity contribution in [3.8, 4) is 5.75 Å². The quantitative estimate of drug-likeness (QED) is 0.875. The van der Waals surface area contributed by atoms with Crippen LogP contribution in [0, 0.1) is 13.8 Å². The molecule has 0 amide bonds. The SMILES string of the molecule is COc1ccc(C(O)CNc2cccc(C)c2C)cc1. The number of hydrogen-bond donors (Lipinski definition) is 2. The zero-order valence-electron chi connectivity index (χ0n) is 12.2. The molecule has 2 N–H and O–H groups in total. The number of anilines is 1. The Balaban J connectivity index is 2.00. The molecule has 0 saturated carbocycles. The van der Waals surface area contributed by atoms with Crippen molar-refractivity contribution in [2.75, 3.05) is 19.0 Å². The largest absolute Gasteiger partial charge is 0.497 e. The second kappa shape index (κ2) is 6.44. The highest BCUT2D eigenvalue weighted by atomic mass is 16.5. The van der Waals surface area contributed by atoms with Gasteiger partial charge in [-0.05, 0) is 48.7 Å². The molecule has 0 aromatic heterocycles. The van der Waals surface area contributed by atoms with E-state index in [0.717, 1.165) is 17.0 Å². The fourth-order valence-corrected chi connectivity index (χ4v) is 2.09. The summed E-state index contributed by atoms with van der Waals surface area (Å²) in [5.41, 5.74) is 4.41. The van der Waals surface area contributed by atoms with E-state index in [-0.39, 0.29) is 0 Å². The molecule has 0 fully saturated rings. The first-order chi connectivity index (χ1) is 9.61. The van der Waals surface area contributed by atoms with Crippen molar-refractivity contribution < 1.29 is 9.84 Å². The van der Waals surface area contributed by atoms with Crippen LogP contribution in [0.25, 0.3) is 0 Å². The Morgan fingerprint density at radius 3 is 2.45 bits per heavy atom. The van der Waals surface area contributed by atoms with E-state index < -0.39 is 6.10 Å². The van der Waals surface area contributed by atoms with Gasteiger partial charge in [0.1, 0.15) is 5.75 Å². The molecular weight excluding hydrogens is 250 g/mol. The third kappa shape index (κ3) is 3.31. The topological polar surface area (TPSA) is 41.5 Å². The minimum Gasteiger partial charge on any atom is -0.497 e. The van der Waals surface area contributed by atoms with Crippen LogP contribution in [0.15, 0.2) is 42.5 Å². The normalized spacial score (nSPS) is 12.0. The summed E-state index contributed by atoms with van der Waals surface area (Å²) in [6, 6.07) is 13.6. The van der Waals surface area contributed by atoms with E-state index in [1.165, 1.54) is 11.1 Å². The van der Waals surface area contributed by atoms with E-state index >= 15 is 0 Å². The van der Waals surface area contributed by atoms with Gasteiger partial charge >= 0.3 is 0 Å². The molecule has 0 aliphatic carbocycles. The number of benzene rings is 2. The summed E-state index contributed by atoms with van der Waals surface area (Å²) < 4.78 is 5.11. The van der Waals surface area contributed by atoms with Gasteiger partial charge in [-0.1, -0.05) is 24.3 Å². The van der Waals surface area contributed by atoms with Gasteiger partial charge in [0.2, 0.25) is 0 Å². The molecule has 1 atom stereocenters. The molecule has 2 rings (SSSR count). The van der Waals surface area contributed by atoms with Crippen molar-refractivity contribution in [3.63, 3.8) is 0 Å². The maximum Gasteiger partial charge on any atom is 0.118 e. The second-order valence-electron chi connectivity index (χ2n) is 4.92. The molecule has 0 spiro atoms. The number of aliphatic hydroxyl groups excluding tert-OH is 1. The van der Waals surface area contributed by atoms with E-state index in [9.17, 15) is 5.11 Å². The molecule has 106 valence electrons. The van der Waals surface area contributed by atoms with E-state index in [0.29, 0.717) is 6.54 Å². The average molecular weight is 271 g/mol. The Bertz CT molecular complexity index is 564. The summed E-state index contributed by atoms with van der Waals surface area (Å²) in [5.74, 6) is 0.795. The lowest BCUT2D eigenvalue weighted by Crippen LogP contribution is -2.13. The van der Waals surface area contributed by atoms with Crippen molar-refractivity contribution >= 4 is 5.69 Å². The number of rotatable bonds is 5. The maximum absolute atomic E-state index is 10.2. The first-order valence-electron chi connectivity index (χ1n) is 6.74. The Morgan fingerprint density at radius 1 is 1.10 bits per heavy atom. The molecular formula is C17H21NO2.